The average molecular weight is 513 g/mol. The molecular formula is C24H27ClF2N2O6. The number of aromatic nitrogens is 2. The summed E-state index contributed by atoms with van der Waals surface area (Å²) >= 11 is 5.99. The molecule has 1 aromatic carbocycles. The number of carbonyl (C=O) groups excluding carboxylic acids is 1. The number of carbonyl (C=O) groups is 1. The highest BCUT2D eigenvalue weighted by molar-refractivity contribution is 6.30. The Kier molecular flexibility index (Phi) is 6.82. The topological polar surface area (TPSA) is 104 Å². The zero-order chi connectivity index (χ0) is 24.7. The number of hydrogen-bond donors (Lipinski definition) is 1. The van der Waals surface area contributed by atoms with E-state index >= 15 is 0 Å². The highest BCUT2D eigenvalue weighted by Gasteiger charge is 2.40. The number of ketones is 1. The van der Waals surface area contributed by atoms with E-state index in [-0.39, 0.29) is 36.6 Å². The van der Waals surface area contributed by atoms with Gasteiger partial charge in [-0.1, -0.05) is 11.6 Å². The predicted molar refractivity (Wildman–Crippen MR) is 118 cm³/mol. The maximum absolute atomic E-state index is 12.9. The Hall–Kier alpha value is -2.14. The molecule has 0 amide bonds. The van der Waals surface area contributed by atoms with Crippen molar-refractivity contribution in [1.29, 1.82) is 0 Å². The molecule has 1 saturated heterocycles. The van der Waals surface area contributed by atoms with Gasteiger partial charge in [-0.15, -0.1) is 10.2 Å². The van der Waals surface area contributed by atoms with Gasteiger partial charge in [-0.25, -0.2) is 0 Å². The van der Waals surface area contributed by atoms with Crippen LogP contribution in [0.4, 0.5) is 8.78 Å². The molecule has 1 aromatic heterocycles. The Morgan fingerprint density at radius 2 is 2.00 bits per heavy atom. The molecule has 3 aliphatic rings. The van der Waals surface area contributed by atoms with Crippen LogP contribution in [0.2, 0.25) is 5.02 Å². The Balaban J connectivity index is 1.09. The number of benzene rings is 1. The second-order valence-electron chi connectivity index (χ2n) is 9.67. The summed E-state index contributed by atoms with van der Waals surface area (Å²) in [7, 11) is 0. The molecule has 1 N–H and O–H groups in total. The van der Waals surface area contributed by atoms with Crippen molar-refractivity contribution >= 4 is 17.4 Å². The Morgan fingerprint density at radius 3 is 2.71 bits per heavy atom. The van der Waals surface area contributed by atoms with E-state index in [0.717, 1.165) is 13.3 Å². The van der Waals surface area contributed by atoms with Gasteiger partial charge >= 0.3 is 6.11 Å². The molecule has 0 unspecified atom stereocenters. The van der Waals surface area contributed by atoms with Crippen LogP contribution in [0.15, 0.2) is 22.6 Å². The molecule has 8 nitrogen and oxygen atoms in total. The first-order valence-electron chi connectivity index (χ1n) is 11.8. The number of hydrogen-bond acceptors (Lipinski definition) is 8. The fourth-order valence-electron chi connectivity index (χ4n) is 4.89. The molecule has 2 aromatic rings. The van der Waals surface area contributed by atoms with Gasteiger partial charge in [-0.3, -0.25) is 4.79 Å². The third-order valence-electron chi connectivity index (χ3n) is 6.81. The summed E-state index contributed by atoms with van der Waals surface area (Å²) < 4.78 is 48.0. The van der Waals surface area contributed by atoms with Crippen molar-refractivity contribution in [2.75, 3.05) is 6.61 Å². The quantitative estimate of drug-likeness (QED) is 0.558. The number of Topliss-reactive ketones (excluding diaryl/α,β-unsaturated/α-hetero) is 1. The van der Waals surface area contributed by atoms with Gasteiger partial charge in [0.1, 0.15) is 11.9 Å². The Labute approximate surface area is 205 Å². The number of nitrogens with zero attached hydrogens (tertiary/aromatic N) is 2. The second-order valence-corrected chi connectivity index (χ2v) is 10.1. The first kappa shape index (κ1) is 24.5. The third-order valence-corrected chi connectivity index (χ3v) is 7.04. The molecule has 1 aliphatic carbocycles. The van der Waals surface area contributed by atoms with Gasteiger partial charge in [0.05, 0.1) is 18.8 Å². The molecule has 0 bridgehead atoms. The molecule has 2 aliphatic heterocycles. The number of aliphatic hydroxyl groups is 1. The smallest absolute Gasteiger partial charge is 0.353 e. The largest absolute Gasteiger partial charge is 0.482 e. The molecule has 11 heteroatoms. The molecular weight excluding hydrogens is 486 g/mol. The average Bonchev–Trinajstić information content (AvgIpc) is 3.26. The molecule has 190 valence electrons. The summed E-state index contributed by atoms with van der Waals surface area (Å²) in [5.74, 6) is 1.11. The number of alkyl halides is 2. The molecule has 0 spiro atoms. The monoisotopic (exact) mass is 512 g/mol. The van der Waals surface area contributed by atoms with E-state index in [9.17, 15) is 18.7 Å². The van der Waals surface area contributed by atoms with Gasteiger partial charge in [0.2, 0.25) is 11.8 Å². The molecule has 0 radical (unpaired) electrons. The minimum Gasteiger partial charge on any atom is -0.482 e. The Bertz CT molecular complexity index is 1060. The minimum atomic E-state index is -3.15. The van der Waals surface area contributed by atoms with Crippen molar-refractivity contribution in [2.45, 2.75) is 81.9 Å². The molecule has 2 fully saturated rings. The zero-order valence-corrected chi connectivity index (χ0v) is 19.9. The normalized spacial score (nSPS) is 30.8. The summed E-state index contributed by atoms with van der Waals surface area (Å²) in [6.07, 6.45) is -2.88. The van der Waals surface area contributed by atoms with Gasteiger partial charge in [0, 0.05) is 36.3 Å². The summed E-state index contributed by atoms with van der Waals surface area (Å²) in [6, 6.07) is 4.99. The van der Waals surface area contributed by atoms with E-state index in [0.29, 0.717) is 54.0 Å². The van der Waals surface area contributed by atoms with Crippen LogP contribution in [0.1, 0.15) is 80.9 Å². The highest BCUT2D eigenvalue weighted by atomic mass is 35.5. The van der Waals surface area contributed by atoms with Crippen molar-refractivity contribution in [3.05, 3.63) is 40.6 Å². The second kappa shape index (κ2) is 9.72. The van der Waals surface area contributed by atoms with E-state index in [4.69, 9.17) is 25.5 Å². The summed E-state index contributed by atoms with van der Waals surface area (Å²) in [5, 5.41) is 19.1. The van der Waals surface area contributed by atoms with Crippen molar-refractivity contribution in [1.82, 2.24) is 10.2 Å². The lowest BCUT2D eigenvalue weighted by molar-refractivity contribution is -0.265. The van der Waals surface area contributed by atoms with Gasteiger partial charge in [0.15, 0.2) is 11.9 Å². The van der Waals surface area contributed by atoms with Crippen LogP contribution < -0.4 is 4.74 Å². The van der Waals surface area contributed by atoms with Gasteiger partial charge < -0.3 is 23.7 Å². The van der Waals surface area contributed by atoms with Crippen molar-refractivity contribution in [3.63, 3.8) is 0 Å². The zero-order valence-electron chi connectivity index (χ0n) is 19.2. The van der Waals surface area contributed by atoms with Crippen LogP contribution in [0, 0.1) is 5.92 Å². The number of halogens is 3. The van der Waals surface area contributed by atoms with Crippen LogP contribution in [0.25, 0.3) is 0 Å². The molecule has 4 atom stereocenters. The third kappa shape index (κ3) is 5.66. The van der Waals surface area contributed by atoms with Crippen LogP contribution in [-0.4, -0.2) is 46.0 Å². The van der Waals surface area contributed by atoms with Crippen LogP contribution in [0.3, 0.4) is 0 Å². The number of rotatable bonds is 7. The van der Waals surface area contributed by atoms with Gasteiger partial charge in [-0.05, 0) is 49.8 Å². The first-order valence-corrected chi connectivity index (χ1v) is 12.2. The maximum Gasteiger partial charge on any atom is 0.353 e. The number of aliphatic hydroxyl groups excluding tert-OH is 1. The minimum absolute atomic E-state index is 0.0220. The fourth-order valence-corrected chi connectivity index (χ4v) is 5.07. The lowest BCUT2D eigenvalue weighted by Gasteiger charge is -2.34. The van der Waals surface area contributed by atoms with E-state index in [1.54, 1.807) is 18.2 Å². The van der Waals surface area contributed by atoms with Gasteiger partial charge in [0.25, 0.3) is 0 Å². The van der Waals surface area contributed by atoms with Crippen LogP contribution in [-0.2, 0) is 14.3 Å². The van der Waals surface area contributed by atoms with E-state index in [1.165, 1.54) is 0 Å². The Morgan fingerprint density at radius 1 is 1.23 bits per heavy atom. The van der Waals surface area contributed by atoms with E-state index in [2.05, 4.69) is 14.9 Å². The molecule has 5 rings (SSSR count). The van der Waals surface area contributed by atoms with Crippen LogP contribution in [0.5, 0.6) is 5.75 Å². The summed E-state index contributed by atoms with van der Waals surface area (Å²) in [6.45, 7) is 1.09. The van der Waals surface area contributed by atoms with Crippen molar-refractivity contribution < 1.29 is 37.3 Å². The lowest BCUT2D eigenvalue weighted by atomic mass is 9.82. The van der Waals surface area contributed by atoms with E-state index in [1.807, 2.05) is 0 Å². The van der Waals surface area contributed by atoms with Crippen LogP contribution >= 0.6 is 11.6 Å². The fraction of sp³-hybridized carbons (Fsp3) is 0.625. The molecule has 35 heavy (non-hydrogen) atoms. The first-order chi connectivity index (χ1) is 16.6. The van der Waals surface area contributed by atoms with Crippen molar-refractivity contribution in [3.8, 4) is 5.75 Å². The van der Waals surface area contributed by atoms with Gasteiger partial charge in [-0.2, -0.15) is 8.78 Å². The maximum atomic E-state index is 12.9. The highest BCUT2D eigenvalue weighted by Crippen LogP contribution is 2.42. The number of ether oxygens (including phenoxy) is 3. The lowest BCUT2D eigenvalue weighted by Crippen LogP contribution is -2.35. The predicted octanol–water partition coefficient (Wildman–Crippen LogP) is 4.91. The standard InChI is InChI=1S/C24H27ClF2N2O6/c1-24(26,27)35-15-7-13(8-15)22-28-29-23(34-22)20-4-2-12(11-32-20)6-18(31)21-10-17(30)16-9-14(25)3-5-19(16)33-21/h3,5,9,12-13,15,17,20-21,30H,2,4,6-8,10-11H2,1H3/t12-,13?,15?,17-,20-,21-/m0/s1. The summed E-state index contributed by atoms with van der Waals surface area (Å²) in [4.78, 5) is 12.9. The van der Waals surface area contributed by atoms with E-state index < -0.39 is 24.4 Å². The SMILES string of the molecule is CC(F)(F)OC1CC(c2nnc([C@@H]3CC[C@@H](CC(=O)[C@@H]4C[C@H](O)c5cc(Cl)ccc5O4)CO3)o2)C1. The molecule has 3 heterocycles. The van der Waals surface area contributed by atoms with Crippen molar-refractivity contribution in [2.24, 2.45) is 5.92 Å². The molecule has 1 saturated carbocycles. The number of fused-ring (bicyclic) bond motifs is 1. The summed E-state index contributed by atoms with van der Waals surface area (Å²) in [5.41, 5.74) is 0.595.